The molecule has 3 heteroatoms. The average Bonchev–Trinajstić information content (AvgIpc) is 2.93. The maximum Gasteiger partial charge on any atom is 0.119 e. The summed E-state index contributed by atoms with van der Waals surface area (Å²) >= 11 is 0. The van der Waals surface area contributed by atoms with Crippen molar-refractivity contribution in [2.24, 2.45) is 0 Å². The number of ether oxygens (including phenoxy) is 1. The summed E-state index contributed by atoms with van der Waals surface area (Å²) in [4.78, 5) is 2.74. The van der Waals surface area contributed by atoms with Crippen molar-refractivity contribution < 1.29 is 4.74 Å². The molecule has 2 aliphatic rings. The number of aryl methyl sites for hydroxylation is 1. The molecule has 1 aromatic carbocycles. The third kappa shape index (κ3) is 2.82. The van der Waals surface area contributed by atoms with Crippen molar-refractivity contribution in [2.75, 3.05) is 20.2 Å². The van der Waals surface area contributed by atoms with E-state index in [-0.39, 0.29) is 0 Å². The van der Waals surface area contributed by atoms with Gasteiger partial charge in [0, 0.05) is 18.1 Å². The summed E-state index contributed by atoms with van der Waals surface area (Å²) in [7, 11) is 1.75. The molecule has 1 N–H and O–H groups in total. The molecular weight excluding hydrogens is 260 g/mol. The van der Waals surface area contributed by atoms with Crippen LogP contribution in [0.2, 0.25) is 0 Å². The van der Waals surface area contributed by atoms with Crippen LogP contribution in [-0.2, 0) is 6.42 Å². The lowest BCUT2D eigenvalue weighted by Gasteiger charge is -2.41. The van der Waals surface area contributed by atoms with E-state index in [0.29, 0.717) is 12.1 Å². The van der Waals surface area contributed by atoms with Crippen molar-refractivity contribution in [3.8, 4) is 5.75 Å². The van der Waals surface area contributed by atoms with Gasteiger partial charge in [0.1, 0.15) is 5.75 Å². The lowest BCUT2D eigenvalue weighted by atomic mass is 9.82. The minimum atomic E-state index is 0.463. The Hall–Kier alpha value is -1.06. The van der Waals surface area contributed by atoms with Gasteiger partial charge in [0.15, 0.2) is 0 Å². The molecule has 1 heterocycles. The summed E-state index contributed by atoms with van der Waals surface area (Å²) in [5.41, 5.74) is 2.94. The minimum Gasteiger partial charge on any atom is -0.497 e. The highest BCUT2D eigenvalue weighted by molar-refractivity contribution is 5.40. The van der Waals surface area contributed by atoms with E-state index < -0.39 is 0 Å². The smallest absolute Gasteiger partial charge is 0.119 e. The number of likely N-dealkylation sites (N-methyl/N-ethyl adjacent to an activating group) is 1. The normalized spacial score (nSPS) is 29.4. The highest BCUT2D eigenvalue weighted by Crippen LogP contribution is 2.37. The molecule has 116 valence electrons. The van der Waals surface area contributed by atoms with Gasteiger partial charge in [-0.2, -0.15) is 0 Å². The predicted molar refractivity (Wildman–Crippen MR) is 86.9 cm³/mol. The Kier molecular flexibility index (Phi) is 4.51. The van der Waals surface area contributed by atoms with Crippen LogP contribution in [0.15, 0.2) is 18.2 Å². The van der Waals surface area contributed by atoms with Gasteiger partial charge in [-0.3, -0.25) is 4.90 Å². The van der Waals surface area contributed by atoms with Crippen LogP contribution in [0.5, 0.6) is 5.75 Å². The first-order valence-corrected chi connectivity index (χ1v) is 8.40. The summed E-state index contributed by atoms with van der Waals surface area (Å²) in [6.07, 6.45) is 5.13. The number of hydrogen-bond acceptors (Lipinski definition) is 3. The second-order valence-corrected chi connectivity index (χ2v) is 6.44. The molecule has 0 bridgehead atoms. The highest BCUT2D eigenvalue weighted by atomic mass is 16.5. The second kappa shape index (κ2) is 6.37. The summed E-state index contributed by atoms with van der Waals surface area (Å²) in [5, 5.41) is 3.74. The molecule has 1 fully saturated rings. The minimum absolute atomic E-state index is 0.463. The molecule has 0 amide bonds. The number of hydrogen-bond donors (Lipinski definition) is 1. The highest BCUT2D eigenvalue weighted by Gasteiger charge is 2.36. The Balaban J connectivity index is 1.90. The quantitative estimate of drug-likeness (QED) is 0.921. The Morgan fingerprint density at radius 2 is 2.19 bits per heavy atom. The van der Waals surface area contributed by atoms with Crippen molar-refractivity contribution >= 4 is 0 Å². The summed E-state index contributed by atoms with van der Waals surface area (Å²) in [6, 6.07) is 8.45. The van der Waals surface area contributed by atoms with Crippen LogP contribution in [0, 0.1) is 0 Å². The number of benzene rings is 1. The van der Waals surface area contributed by atoms with Crippen LogP contribution in [0.1, 0.15) is 50.3 Å². The zero-order chi connectivity index (χ0) is 14.8. The fraction of sp³-hybridized carbons (Fsp3) is 0.667. The Bertz CT molecular complexity index is 488. The van der Waals surface area contributed by atoms with E-state index in [0.717, 1.165) is 18.3 Å². The van der Waals surface area contributed by atoms with E-state index in [1.807, 2.05) is 0 Å². The van der Waals surface area contributed by atoms with Crippen molar-refractivity contribution in [3.63, 3.8) is 0 Å². The van der Waals surface area contributed by atoms with Crippen LogP contribution in [0.4, 0.5) is 0 Å². The van der Waals surface area contributed by atoms with Crippen molar-refractivity contribution in [1.82, 2.24) is 10.2 Å². The molecule has 0 saturated carbocycles. The average molecular weight is 288 g/mol. The zero-order valence-corrected chi connectivity index (χ0v) is 13.6. The molecule has 3 rings (SSSR count). The third-order valence-electron chi connectivity index (χ3n) is 5.23. The molecule has 0 spiro atoms. The fourth-order valence-electron chi connectivity index (χ4n) is 4.18. The summed E-state index contributed by atoms with van der Waals surface area (Å²) < 4.78 is 5.39. The van der Waals surface area contributed by atoms with Gasteiger partial charge in [-0.05, 0) is 69.0 Å². The Morgan fingerprint density at radius 1 is 1.33 bits per heavy atom. The van der Waals surface area contributed by atoms with E-state index in [1.165, 1.54) is 43.4 Å². The monoisotopic (exact) mass is 288 g/mol. The molecule has 0 radical (unpaired) electrons. The van der Waals surface area contributed by atoms with Gasteiger partial charge in [-0.1, -0.05) is 13.0 Å². The lowest BCUT2D eigenvalue weighted by molar-refractivity contribution is 0.135. The van der Waals surface area contributed by atoms with Gasteiger partial charge in [-0.25, -0.2) is 0 Å². The first-order chi connectivity index (χ1) is 10.2. The maximum atomic E-state index is 5.39. The molecule has 1 aliphatic carbocycles. The zero-order valence-electron chi connectivity index (χ0n) is 13.6. The standard InChI is InChI=1S/C18H28N2O/c1-4-19-18-16-9-8-15(21-3)12-14(16)7-10-17(18)20-11-5-6-13(20)2/h8-9,12-13,17-19H,4-7,10-11H2,1-3H3. The molecule has 3 nitrogen and oxygen atoms in total. The van der Waals surface area contributed by atoms with Gasteiger partial charge < -0.3 is 10.1 Å². The van der Waals surface area contributed by atoms with E-state index in [9.17, 15) is 0 Å². The Morgan fingerprint density at radius 3 is 2.86 bits per heavy atom. The number of fused-ring (bicyclic) bond motifs is 1. The number of methoxy groups -OCH3 is 1. The molecule has 0 aromatic heterocycles. The molecule has 1 aliphatic heterocycles. The molecule has 1 saturated heterocycles. The fourth-order valence-corrected chi connectivity index (χ4v) is 4.18. The Labute approximate surface area is 128 Å². The molecule has 3 atom stereocenters. The molecule has 3 unspecified atom stereocenters. The van der Waals surface area contributed by atoms with E-state index in [4.69, 9.17) is 4.74 Å². The second-order valence-electron chi connectivity index (χ2n) is 6.44. The number of nitrogens with zero attached hydrogens (tertiary/aromatic N) is 1. The van der Waals surface area contributed by atoms with Gasteiger partial charge >= 0.3 is 0 Å². The number of nitrogens with one attached hydrogen (secondary N) is 1. The van der Waals surface area contributed by atoms with Crippen LogP contribution < -0.4 is 10.1 Å². The third-order valence-corrected chi connectivity index (χ3v) is 5.23. The number of likely N-dealkylation sites (tertiary alicyclic amines) is 1. The molecule has 1 aromatic rings. The maximum absolute atomic E-state index is 5.39. The lowest BCUT2D eigenvalue weighted by Crippen LogP contribution is -2.48. The van der Waals surface area contributed by atoms with Gasteiger partial charge in [0.2, 0.25) is 0 Å². The van der Waals surface area contributed by atoms with Crippen LogP contribution in [0.25, 0.3) is 0 Å². The molecule has 21 heavy (non-hydrogen) atoms. The summed E-state index contributed by atoms with van der Waals surface area (Å²) in [5.74, 6) is 0.983. The van der Waals surface area contributed by atoms with Crippen molar-refractivity contribution in [2.45, 2.75) is 57.7 Å². The van der Waals surface area contributed by atoms with E-state index in [2.05, 4.69) is 42.3 Å². The van der Waals surface area contributed by atoms with Gasteiger partial charge in [-0.15, -0.1) is 0 Å². The molecular formula is C18H28N2O. The van der Waals surface area contributed by atoms with E-state index >= 15 is 0 Å². The SMILES string of the molecule is CCNC1c2ccc(OC)cc2CCC1N1CCCC1C. The van der Waals surface area contributed by atoms with Crippen LogP contribution in [-0.4, -0.2) is 37.2 Å². The van der Waals surface area contributed by atoms with Crippen molar-refractivity contribution in [1.29, 1.82) is 0 Å². The van der Waals surface area contributed by atoms with Crippen LogP contribution >= 0.6 is 0 Å². The summed E-state index contributed by atoms with van der Waals surface area (Å²) in [6.45, 7) is 6.88. The largest absolute Gasteiger partial charge is 0.497 e. The van der Waals surface area contributed by atoms with Crippen molar-refractivity contribution in [3.05, 3.63) is 29.3 Å². The van der Waals surface area contributed by atoms with Gasteiger partial charge in [0.25, 0.3) is 0 Å². The van der Waals surface area contributed by atoms with E-state index in [1.54, 1.807) is 7.11 Å². The first kappa shape index (κ1) is 14.9. The van der Waals surface area contributed by atoms with Crippen LogP contribution in [0.3, 0.4) is 0 Å². The first-order valence-electron chi connectivity index (χ1n) is 8.40. The van der Waals surface area contributed by atoms with Gasteiger partial charge in [0.05, 0.1) is 7.11 Å². The number of rotatable bonds is 4. The predicted octanol–water partition coefficient (Wildman–Crippen LogP) is 3.14. The topological polar surface area (TPSA) is 24.5 Å².